The van der Waals surface area contributed by atoms with Gasteiger partial charge in [-0.2, -0.15) is 0 Å². The molecular weight excluding hydrogens is 226 g/mol. The summed E-state index contributed by atoms with van der Waals surface area (Å²) in [6.07, 6.45) is 1.85. The minimum Gasteiger partial charge on any atom is -0.496 e. The molecule has 96 valence electrons. The van der Waals surface area contributed by atoms with Crippen molar-refractivity contribution in [3.63, 3.8) is 0 Å². The van der Waals surface area contributed by atoms with Gasteiger partial charge in [0.1, 0.15) is 5.75 Å². The van der Waals surface area contributed by atoms with Gasteiger partial charge in [-0.3, -0.25) is 0 Å². The molecule has 2 rings (SSSR count). The zero-order valence-corrected chi connectivity index (χ0v) is 11.5. The fraction of sp³-hybridized carbons (Fsp3) is 0.357. The smallest absolute Gasteiger partial charge is 0.200 e. The third kappa shape index (κ3) is 1.94. The summed E-state index contributed by atoms with van der Waals surface area (Å²) in [6, 6.07) is 2.13. The number of anilines is 1. The van der Waals surface area contributed by atoms with Crippen molar-refractivity contribution in [2.24, 2.45) is 0 Å². The molecule has 0 unspecified atom stereocenters. The van der Waals surface area contributed by atoms with Crippen molar-refractivity contribution in [2.75, 3.05) is 19.5 Å². The van der Waals surface area contributed by atoms with Crippen LogP contribution in [0.2, 0.25) is 0 Å². The predicted octanol–water partition coefficient (Wildman–Crippen LogP) is 3.05. The maximum absolute atomic E-state index is 5.44. The minimum absolute atomic E-state index is 0.774. The third-order valence-corrected chi connectivity index (χ3v) is 3.33. The zero-order chi connectivity index (χ0) is 13.3. The lowest BCUT2D eigenvalue weighted by Crippen LogP contribution is -1.97. The van der Waals surface area contributed by atoms with Crippen LogP contribution >= 0.6 is 0 Å². The van der Waals surface area contributed by atoms with Crippen LogP contribution in [0.25, 0.3) is 11.3 Å². The van der Waals surface area contributed by atoms with E-state index in [1.165, 1.54) is 16.7 Å². The van der Waals surface area contributed by atoms with Gasteiger partial charge in [-0.05, 0) is 43.5 Å². The van der Waals surface area contributed by atoms with E-state index in [1.807, 2.05) is 13.2 Å². The van der Waals surface area contributed by atoms with Gasteiger partial charge < -0.3 is 15.0 Å². The molecule has 1 aromatic heterocycles. The van der Waals surface area contributed by atoms with Crippen molar-refractivity contribution in [1.29, 1.82) is 0 Å². The molecule has 4 nitrogen and oxygen atoms in total. The highest BCUT2D eigenvalue weighted by Gasteiger charge is 2.13. The van der Waals surface area contributed by atoms with Crippen LogP contribution in [-0.4, -0.2) is 24.1 Å². The molecule has 0 amide bonds. The summed E-state index contributed by atoms with van der Waals surface area (Å²) in [5, 5.41) is 3.00. The van der Waals surface area contributed by atoms with Crippen LogP contribution in [0.15, 0.2) is 12.3 Å². The van der Waals surface area contributed by atoms with Crippen LogP contribution < -0.4 is 10.1 Å². The first-order valence-electron chi connectivity index (χ1n) is 5.96. The number of hydrogen-bond acceptors (Lipinski definition) is 3. The van der Waals surface area contributed by atoms with E-state index in [2.05, 4.69) is 42.1 Å². The molecule has 1 heterocycles. The number of ether oxygens (including phenoxy) is 1. The lowest BCUT2D eigenvalue weighted by molar-refractivity contribution is 0.408. The molecule has 0 saturated heterocycles. The second-order valence-corrected chi connectivity index (χ2v) is 4.42. The van der Waals surface area contributed by atoms with Crippen molar-refractivity contribution in [2.45, 2.75) is 20.8 Å². The normalized spacial score (nSPS) is 10.5. The largest absolute Gasteiger partial charge is 0.496 e. The number of H-pyrrole nitrogens is 1. The molecule has 0 saturated carbocycles. The summed E-state index contributed by atoms with van der Waals surface area (Å²) < 4.78 is 5.44. The molecule has 0 aliphatic heterocycles. The van der Waals surface area contributed by atoms with E-state index in [0.29, 0.717) is 0 Å². The van der Waals surface area contributed by atoms with Crippen LogP contribution in [0.4, 0.5) is 5.95 Å². The highest BCUT2D eigenvalue weighted by molar-refractivity contribution is 5.69. The summed E-state index contributed by atoms with van der Waals surface area (Å²) in [4.78, 5) is 7.51. The Morgan fingerprint density at radius 1 is 1.22 bits per heavy atom. The van der Waals surface area contributed by atoms with E-state index < -0.39 is 0 Å². The van der Waals surface area contributed by atoms with E-state index in [-0.39, 0.29) is 0 Å². The van der Waals surface area contributed by atoms with Crippen molar-refractivity contribution in [3.8, 4) is 17.0 Å². The van der Waals surface area contributed by atoms with Crippen LogP contribution in [0.5, 0.6) is 5.75 Å². The number of benzene rings is 1. The van der Waals surface area contributed by atoms with Gasteiger partial charge in [-0.1, -0.05) is 0 Å². The minimum atomic E-state index is 0.774. The molecular formula is C14H19N3O. The average molecular weight is 245 g/mol. The van der Waals surface area contributed by atoms with Gasteiger partial charge in [0.05, 0.1) is 19.0 Å². The summed E-state index contributed by atoms with van der Waals surface area (Å²) in [6.45, 7) is 6.25. The number of hydrogen-bond donors (Lipinski definition) is 2. The summed E-state index contributed by atoms with van der Waals surface area (Å²) in [5.74, 6) is 1.74. The second-order valence-electron chi connectivity index (χ2n) is 4.42. The average Bonchev–Trinajstić information content (AvgIpc) is 2.83. The van der Waals surface area contributed by atoms with Crippen LogP contribution in [-0.2, 0) is 0 Å². The Morgan fingerprint density at radius 3 is 2.50 bits per heavy atom. The maximum atomic E-state index is 5.44. The van der Waals surface area contributed by atoms with Crippen molar-refractivity contribution >= 4 is 5.95 Å². The fourth-order valence-electron chi connectivity index (χ4n) is 2.24. The van der Waals surface area contributed by atoms with Crippen molar-refractivity contribution in [1.82, 2.24) is 9.97 Å². The molecule has 0 aliphatic carbocycles. The molecule has 4 heteroatoms. The Balaban J connectivity index is 2.58. The maximum Gasteiger partial charge on any atom is 0.200 e. The molecule has 2 N–H and O–H groups in total. The molecule has 0 radical (unpaired) electrons. The first kappa shape index (κ1) is 12.5. The SMILES string of the molecule is CNc1ncc(-c2cc(C)c(OC)c(C)c2C)[nH]1. The van der Waals surface area contributed by atoms with E-state index in [1.54, 1.807) is 7.11 Å². The number of aryl methyl sites for hydroxylation is 1. The van der Waals surface area contributed by atoms with Gasteiger partial charge in [0, 0.05) is 12.6 Å². The van der Waals surface area contributed by atoms with Crippen molar-refractivity contribution < 1.29 is 4.74 Å². The van der Waals surface area contributed by atoms with E-state index in [4.69, 9.17) is 4.74 Å². The van der Waals surface area contributed by atoms with Gasteiger partial charge in [-0.15, -0.1) is 0 Å². The molecule has 0 bridgehead atoms. The fourth-order valence-corrected chi connectivity index (χ4v) is 2.24. The van der Waals surface area contributed by atoms with Gasteiger partial charge in [0.25, 0.3) is 0 Å². The number of aromatic nitrogens is 2. The van der Waals surface area contributed by atoms with Crippen LogP contribution in [0.1, 0.15) is 16.7 Å². The first-order chi connectivity index (χ1) is 8.58. The van der Waals surface area contributed by atoms with Crippen molar-refractivity contribution in [3.05, 3.63) is 29.0 Å². The molecule has 18 heavy (non-hydrogen) atoms. The lowest BCUT2D eigenvalue weighted by atomic mass is 9.97. The molecule has 0 fully saturated rings. The van der Waals surface area contributed by atoms with Crippen LogP contribution in [0, 0.1) is 20.8 Å². The van der Waals surface area contributed by atoms with Crippen LogP contribution in [0.3, 0.4) is 0 Å². The number of imidazole rings is 1. The monoisotopic (exact) mass is 245 g/mol. The Morgan fingerprint density at radius 2 is 1.94 bits per heavy atom. The number of nitrogens with one attached hydrogen (secondary N) is 2. The zero-order valence-electron chi connectivity index (χ0n) is 11.5. The molecule has 0 spiro atoms. The Labute approximate surface area is 107 Å². The van der Waals surface area contributed by atoms with E-state index in [0.717, 1.165) is 23.0 Å². The number of aromatic amines is 1. The Hall–Kier alpha value is -1.97. The molecule has 1 aromatic carbocycles. The molecule has 0 atom stereocenters. The summed E-state index contributed by atoms with van der Waals surface area (Å²) >= 11 is 0. The Kier molecular flexibility index (Phi) is 3.28. The highest BCUT2D eigenvalue weighted by Crippen LogP contribution is 2.33. The van der Waals surface area contributed by atoms with Gasteiger partial charge in [-0.25, -0.2) is 4.98 Å². The lowest BCUT2D eigenvalue weighted by Gasteiger charge is -2.14. The standard InChI is InChI=1S/C14H19N3O/c1-8-6-11(9(2)10(3)13(8)18-5)12-7-16-14(15-4)17-12/h6-7H,1-5H3,(H2,15,16,17). The second kappa shape index (κ2) is 4.72. The summed E-state index contributed by atoms with van der Waals surface area (Å²) in [7, 11) is 3.56. The molecule has 2 aromatic rings. The molecule has 0 aliphatic rings. The topological polar surface area (TPSA) is 49.9 Å². The number of nitrogens with zero attached hydrogens (tertiary/aromatic N) is 1. The van der Waals surface area contributed by atoms with Gasteiger partial charge >= 0.3 is 0 Å². The quantitative estimate of drug-likeness (QED) is 0.873. The van der Waals surface area contributed by atoms with E-state index in [9.17, 15) is 0 Å². The van der Waals surface area contributed by atoms with Gasteiger partial charge in [0.2, 0.25) is 0 Å². The Bertz CT molecular complexity index is 573. The number of rotatable bonds is 3. The third-order valence-electron chi connectivity index (χ3n) is 3.33. The van der Waals surface area contributed by atoms with Gasteiger partial charge in [0.15, 0.2) is 5.95 Å². The predicted molar refractivity (Wildman–Crippen MR) is 74.3 cm³/mol. The highest BCUT2D eigenvalue weighted by atomic mass is 16.5. The number of methoxy groups -OCH3 is 1. The van der Waals surface area contributed by atoms with E-state index >= 15 is 0 Å². The summed E-state index contributed by atoms with van der Waals surface area (Å²) in [5.41, 5.74) is 5.71. The first-order valence-corrected chi connectivity index (χ1v) is 5.96.